The van der Waals surface area contributed by atoms with Gasteiger partial charge in [0.25, 0.3) is 0 Å². The quantitative estimate of drug-likeness (QED) is 0.750. The van der Waals surface area contributed by atoms with Crippen LogP contribution in [0.2, 0.25) is 0 Å². The molecule has 5 nitrogen and oxygen atoms in total. The Morgan fingerprint density at radius 3 is 2.67 bits per heavy atom. The zero-order chi connectivity index (χ0) is 15.3. The highest BCUT2D eigenvalue weighted by Gasteiger charge is 2.24. The molecule has 0 spiro atoms. The maximum atomic E-state index is 12.2. The van der Waals surface area contributed by atoms with E-state index in [0.29, 0.717) is 18.8 Å². The van der Waals surface area contributed by atoms with Gasteiger partial charge in [0.15, 0.2) is 0 Å². The molecule has 3 N–H and O–H groups in total. The van der Waals surface area contributed by atoms with Gasteiger partial charge >= 0.3 is 0 Å². The van der Waals surface area contributed by atoms with E-state index in [1.807, 2.05) is 6.07 Å². The molecule has 2 atom stereocenters. The average molecular weight is 312 g/mol. The van der Waals surface area contributed by atoms with Crippen LogP contribution in [0.15, 0.2) is 29.2 Å². The van der Waals surface area contributed by atoms with Crippen molar-refractivity contribution >= 4 is 15.7 Å². The van der Waals surface area contributed by atoms with Crippen LogP contribution in [-0.4, -0.2) is 32.7 Å². The lowest BCUT2D eigenvalue weighted by atomic mass is 9.86. The first-order valence-corrected chi connectivity index (χ1v) is 9.03. The zero-order valence-corrected chi connectivity index (χ0v) is 13.2. The highest BCUT2D eigenvalue weighted by atomic mass is 32.2. The van der Waals surface area contributed by atoms with E-state index in [-0.39, 0.29) is 16.9 Å². The number of rotatable bonds is 6. The van der Waals surface area contributed by atoms with E-state index >= 15 is 0 Å². The molecular formula is C15H24N2O3S. The lowest BCUT2D eigenvalue weighted by molar-refractivity contribution is 0.0763. The first-order valence-electron chi connectivity index (χ1n) is 7.55. The van der Waals surface area contributed by atoms with Crippen LogP contribution >= 0.6 is 0 Å². The van der Waals surface area contributed by atoms with Gasteiger partial charge in [0.1, 0.15) is 4.90 Å². The number of aliphatic hydroxyl groups is 1. The van der Waals surface area contributed by atoms with Gasteiger partial charge in [-0.25, -0.2) is 13.1 Å². The Balaban J connectivity index is 2.10. The molecule has 0 amide bonds. The Bertz CT molecular complexity index is 560. The summed E-state index contributed by atoms with van der Waals surface area (Å²) < 4.78 is 26.8. The number of hydrogen-bond acceptors (Lipinski definition) is 4. The summed E-state index contributed by atoms with van der Waals surface area (Å²) in [6.45, 7) is 2.71. The summed E-state index contributed by atoms with van der Waals surface area (Å²) in [5.74, 6) is 0.189. The van der Waals surface area contributed by atoms with Crippen LogP contribution in [0.3, 0.4) is 0 Å². The van der Waals surface area contributed by atoms with Crippen molar-refractivity contribution in [2.45, 2.75) is 43.6 Å². The van der Waals surface area contributed by atoms with E-state index in [9.17, 15) is 13.5 Å². The highest BCUT2D eigenvalue weighted by Crippen LogP contribution is 2.26. The fourth-order valence-electron chi connectivity index (χ4n) is 2.78. The normalized spacial score (nSPS) is 23.0. The number of hydrogen-bond donors (Lipinski definition) is 3. The van der Waals surface area contributed by atoms with E-state index in [1.54, 1.807) is 25.1 Å². The maximum Gasteiger partial charge on any atom is 0.242 e. The van der Waals surface area contributed by atoms with E-state index < -0.39 is 10.0 Å². The molecule has 118 valence electrons. The van der Waals surface area contributed by atoms with Crippen molar-refractivity contribution in [3.8, 4) is 0 Å². The molecule has 1 aromatic carbocycles. The van der Waals surface area contributed by atoms with Crippen molar-refractivity contribution in [3.05, 3.63) is 24.3 Å². The van der Waals surface area contributed by atoms with Gasteiger partial charge in [0.05, 0.1) is 11.8 Å². The van der Waals surface area contributed by atoms with Crippen LogP contribution in [0.5, 0.6) is 0 Å². The minimum absolute atomic E-state index is 0.189. The highest BCUT2D eigenvalue weighted by molar-refractivity contribution is 7.89. The van der Waals surface area contributed by atoms with Crippen LogP contribution in [0.4, 0.5) is 5.69 Å². The molecule has 0 bridgehead atoms. The summed E-state index contributed by atoms with van der Waals surface area (Å²) >= 11 is 0. The van der Waals surface area contributed by atoms with Crippen molar-refractivity contribution in [2.75, 3.05) is 18.4 Å². The van der Waals surface area contributed by atoms with Crippen molar-refractivity contribution in [2.24, 2.45) is 5.92 Å². The summed E-state index contributed by atoms with van der Waals surface area (Å²) in [6, 6.07) is 6.88. The van der Waals surface area contributed by atoms with Crippen LogP contribution in [-0.2, 0) is 10.0 Å². The lowest BCUT2D eigenvalue weighted by Gasteiger charge is -2.28. The summed E-state index contributed by atoms with van der Waals surface area (Å²) in [4.78, 5) is 0.261. The standard InChI is InChI=1S/C15H24N2O3S/c1-2-17-21(19,20)15-10-6-4-8-13(15)16-11-12-7-3-5-9-14(12)18/h4,6,8,10,12,14,16-18H,2-3,5,7,9,11H2,1H3. The number of benzene rings is 1. The average Bonchev–Trinajstić information content (AvgIpc) is 2.47. The lowest BCUT2D eigenvalue weighted by Crippen LogP contribution is -2.31. The fraction of sp³-hybridized carbons (Fsp3) is 0.600. The molecule has 1 aromatic rings. The second-order valence-corrected chi connectivity index (χ2v) is 7.23. The largest absolute Gasteiger partial charge is 0.393 e. The second kappa shape index (κ2) is 7.24. The summed E-state index contributed by atoms with van der Waals surface area (Å²) in [7, 11) is -3.48. The third kappa shape index (κ3) is 4.18. The minimum atomic E-state index is -3.48. The molecule has 0 aliphatic heterocycles. The first-order chi connectivity index (χ1) is 10.0. The van der Waals surface area contributed by atoms with Gasteiger partial charge < -0.3 is 10.4 Å². The minimum Gasteiger partial charge on any atom is -0.393 e. The van der Waals surface area contributed by atoms with E-state index in [1.165, 1.54) is 0 Å². The molecule has 2 unspecified atom stereocenters. The van der Waals surface area contributed by atoms with Crippen molar-refractivity contribution in [3.63, 3.8) is 0 Å². The Kier molecular flexibility index (Phi) is 5.61. The van der Waals surface area contributed by atoms with E-state index in [0.717, 1.165) is 25.7 Å². The molecule has 6 heteroatoms. The summed E-state index contributed by atoms with van der Waals surface area (Å²) in [5.41, 5.74) is 0.594. The fourth-order valence-corrected chi connectivity index (χ4v) is 4.01. The number of para-hydroxylation sites is 1. The second-order valence-electron chi connectivity index (χ2n) is 5.49. The molecule has 1 aliphatic carbocycles. The van der Waals surface area contributed by atoms with E-state index in [2.05, 4.69) is 10.0 Å². The van der Waals surface area contributed by atoms with Crippen molar-refractivity contribution in [1.82, 2.24) is 4.72 Å². The van der Waals surface area contributed by atoms with E-state index in [4.69, 9.17) is 0 Å². The third-order valence-corrected chi connectivity index (χ3v) is 5.54. The van der Waals surface area contributed by atoms with Crippen LogP contribution < -0.4 is 10.0 Å². The van der Waals surface area contributed by atoms with Gasteiger partial charge in [-0.1, -0.05) is 31.9 Å². The smallest absolute Gasteiger partial charge is 0.242 e. The maximum absolute atomic E-state index is 12.2. The predicted octanol–water partition coefficient (Wildman–Crippen LogP) is 1.95. The summed E-state index contributed by atoms with van der Waals surface area (Å²) in [5, 5.41) is 13.2. The number of nitrogens with one attached hydrogen (secondary N) is 2. The van der Waals surface area contributed by atoms with Gasteiger partial charge in [-0.2, -0.15) is 0 Å². The molecule has 2 rings (SSSR count). The van der Waals surface area contributed by atoms with Crippen LogP contribution in [0, 0.1) is 5.92 Å². The molecular weight excluding hydrogens is 288 g/mol. The SMILES string of the molecule is CCNS(=O)(=O)c1ccccc1NCC1CCCCC1O. The van der Waals surface area contributed by atoms with Crippen LogP contribution in [0.1, 0.15) is 32.6 Å². The van der Waals surface area contributed by atoms with Crippen molar-refractivity contribution < 1.29 is 13.5 Å². The van der Waals surface area contributed by atoms with Crippen molar-refractivity contribution in [1.29, 1.82) is 0 Å². The van der Waals surface area contributed by atoms with Gasteiger partial charge in [-0.3, -0.25) is 0 Å². The molecule has 1 aliphatic rings. The molecule has 0 radical (unpaired) electrons. The third-order valence-electron chi connectivity index (χ3n) is 3.93. The number of sulfonamides is 1. The molecule has 0 heterocycles. The Morgan fingerprint density at radius 2 is 1.95 bits per heavy atom. The molecule has 1 fully saturated rings. The first kappa shape index (κ1) is 16.3. The molecule has 0 saturated heterocycles. The van der Waals surface area contributed by atoms with Gasteiger partial charge in [0, 0.05) is 19.0 Å². The summed E-state index contributed by atoms with van der Waals surface area (Å²) in [6.07, 6.45) is 3.73. The topological polar surface area (TPSA) is 78.4 Å². The molecule has 21 heavy (non-hydrogen) atoms. The Morgan fingerprint density at radius 1 is 1.24 bits per heavy atom. The Hall–Kier alpha value is -1.11. The van der Waals surface area contributed by atoms with Crippen LogP contribution in [0.25, 0.3) is 0 Å². The van der Waals surface area contributed by atoms with Gasteiger partial charge in [-0.05, 0) is 25.0 Å². The zero-order valence-electron chi connectivity index (χ0n) is 12.4. The number of anilines is 1. The molecule has 1 saturated carbocycles. The van der Waals surface area contributed by atoms with Gasteiger partial charge in [0.2, 0.25) is 10.0 Å². The number of aliphatic hydroxyl groups excluding tert-OH is 1. The predicted molar refractivity (Wildman–Crippen MR) is 83.8 cm³/mol. The molecule has 0 aromatic heterocycles. The van der Waals surface area contributed by atoms with Gasteiger partial charge in [-0.15, -0.1) is 0 Å². The monoisotopic (exact) mass is 312 g/mol. The Labute approximate surface area is 126 Å².